The molecule has 0 radical (unpaired) electrons. The highest BCUT2D eigenvalue weighted by Gasteiger charge is 2.15. The van der Waals surface area contributed by atoms with Crippen molar-refractivity contribution in [2.24, 2.45) is 0 Å². The van der Waals surface area contributed by atoms with Crippen molar-refractivity contribution in [1.82, 2.24) is 0 Å². The lowest BCUT2D eigenvalue weighted by atomic mass is 10.1. The minimum atomic E-state index is -3.76. The van der Waals surface area contributed by atoms with Crippen molar-refractivity contribution in [3.63, 3.8) is 0 Å². The Bertz CT molecular complexity index is 1140. The van der Waals surface area contributed by atoms with Crippen molar-refractivity contribution >= 4 is 38.9 Å². The van der Waals surface area contributed by atoms with Crippen LogP contribution in [0.25, 0.3) is 0 Å². The van der Waals surface area contributed by atoms with E-state index in [0.29, 0.717) is 34.3 Å². The van der Waals surface area contributed by atoms with Gasteiger partial charge in [0.2, 0.25) is 0 Å². The smallest absolute Gasteiger partial charge is 0.261 e. The predicted molar refractivity (Wildman–Crippen MR) is 119 cm³/mol. The number of benzene rings is 3. The maximum absolute atomic E-state index is 12.6. The molecule has 1 amide bonds. The lowest BCUT2D eigenvalue weighted by molar-refractivity contribution is 0.102. The summed E-state index contributed by atoms with van der Waals surface area (Å²) >= 11 is 6.08. The first kappa shape index (κ1) is 21.7. The van der Waals surface area contributed by atoms with Gasteiger partial charge in [-0.3, -0.25) is 9.52 Å². The molecule has 0 fully saturated rings. The molecule has 0 spiro atoms. The number of carbonyl (C=O) groups excluding carboxylic acids is 1. The summed E-state index contributed by atoms with van der Waals surface area (Å²) in [6, 6.07) is 17.6. The first-order valence-electron chi connectivity index (χ1n) is 9.22. The highest BCUT2D eigenvalue weighted by atomic mass is 35.5. The Morgan fingerprint density at radius 2 is 1.67 bits per heavy atom. The quantitative estimate of drug-likeness (QED) is 0.531. The Morgan fingerprint density at radius 1 is 1.00 bits per heavy atom. The number of sulfonamides is 1. The van der Waals surface area contributed by atoms with Gasteiger partial charge in [-0.2, -0.15) is 0 Å². The molecule has 0 bridgehead atoms. The van der Waals surface area contributed by atoms with Crippen LogP contribution in [-0.4, -0.2) is 20.9 Å². The third-order valence-corrected chi connectivity index (χ3v) is 6.17. The van der Waals surface area contributed by atoms with Crippen molar-refractivity contribution in [2.45, 2.75) is 18.7 Å². The standard InChI is InChI=1S/C22H21ClN2O4S/c1-3-29-18-11-13-19(14-12-18)30(27,28)25-17-9-7-16(8-10-17)22(26)24-21-6-4-5-20(23)15(21)2/h4-14,25H,3H2,1-2H3,(H,24,26). The molecule has 8 heteroatoms. The van der Waals surface area contributed by atoms with E-state index in [-0.39, 0.29) is 10.8 Å². The Balaban J connectivity index is 1.70. The van der Waals surface area contributed by atoms with Crippen molar-refractivity contribution in [2.75, 3.05) is 16.6 Å². The molecule has 0 aromatic heterocycles. The van der Waals surface area contributed by atoms with Crippen LogP contribution in [0.15, 0.2) is 71.6 Å². The summed E-state index contributed by atoms with van der Waals surface area (Å²) in [5.74, 6) is 0.281. The van der Waals surface area contributed by atoms with Gasteiger partial charge in [-0.25, -0.2) is 8.42 Å². The van der Waals surface area contributed by atoms with Gasteiger partial charge in [0.05, 0.1) is 11.5 Å². The van der Waals surface area contributed by atoms with E-state index in [2.05, 4.69) is 10.0 Å². The molecule has 6 nitrogen and oxygen atoms in total. The number of carbonyl (C=O) groups is 1. The van der Waals surface area contributed by atoms with E-state index in [0.717, 1.165) is 5.56 Å². The second kappa shape index (κ2) is 9.19. The molecule has 156 valence electrons. The maximum Gasteiger partial charge on any atom is 0.261 e. The Kier molecular flexibility index (Phi) is 6.64. The summed E-state index contributed by atoms with van der Waals surface area (Å²) in [6.45, 7) is 4.17. The zero-order valence-corrected chi connectivity index (χ0v) is 18.0. The largest absolute Gasteiger partial charge is 0.494 e. The molecule has 0 heterocycles. The van der Waals surface area contributed by atoms with Gasteiger partial charge in [-0.15, -0.1) is 0 Å². The van der Waals surface area contributed by atoms with E-state index in [1.807, 2.05) is 13.8 Å². The van der Waals surface area contributed by atoms with Gasteiger partial charge in [0, 0.05) is 22.0 Å². The number of nitrogens with one attached hydrogen (secondary N) is 2. The minimum Gasteiger partial charge on any atom is -0.494 e. The van der Waals surface area contributed by atoms with Crippen LogP contribution in [0.5, 0.6) is 5.75 Å². The summed E-state index contributed by atoms with van der Waals surface area (Å²) < 4.78 is 32.9. The van der Waals surface area contributed by atoms with Crippen LogP contribution >= 0.6 is 11.6 Å². The fraction of sp³-hybridized carbons (Fsp3) is 0.136. The molecule has 2 N–H and O–H groups in total. The van der Waals surface area contributed by atoms with E-state index in [1.165, 1.54) is 24.3 Å². The van der Waals surface area contributed by atoms with Crippen LogP contribution in [0.1, 0.15) is 22.8 Å². The third-order valence-electron chi connectivity index (χ3n) is 4.36. The van der Waals surface area contributed by atoms with Gasteiger partial charge in [-0.1, -0.05) is 17.7 Å². The van der Waals surface area contributed by atoms with Gasteiger partial charge < -0.3 is 10.1 Å². The van der Waals surface area contributed by atoms with Gasteiger partial charge >= 0.3 is 0 Å². The Morgan fingerprint density at radius 3 is 2.30 bits per heavy atom. The van der Waals surface area contributed by atoms with E-state index in [9.17, 15) is 13.2 Å². The molecule has 0 saturated heterocycles. The van der Waals surface area contributed by atoms with Crippen LogP contribution in [0.3, 0.4) is 0 Å². The van der Waals surface area contributed by atoms with Crippen LogP contribution in [0.4, 0.5) is 11.4 Å². The molecule has 3 rings (SSSR count). The first-order chi connectivity index (χ1) is 14.3. The number of rotatable bonds is 7. The molecule has 0 aliphatic carbocycles. The van der Waals surface area contributed by atoms with Gasteiger partial charge in [-0.05, 0) is 80.1 Å². The molecule has 3 aromatic carbocycles. The molecule has 0 unspecified atom stereocenters. The molecule has 0 saturated carbocycles. The Hall–Kier alpha value is -3.03. The van der Waals surface area contributed by atoms with Crippen molar-refractivity contribution in [1.29, 1.82) is 0 Å². The van der Waals surface area contributed by atoms with Crippen LogP contribution < -0.4 is 14.8 Å². The number of hydrogen-bond acceptors (Lipinski definition) is 4. The lowest BCUT2D eigenvalue weighted by Crippen LogP contribution is -2.14. The normalized spacial score (nSPS) is 11.0. The molecular formula is C22H21ClN2O4S. The van der Waals surface area contributed by atoms with E-state index < -0.39 is 10.0 Å². The monoisotopic (exact) mass is 444 g/mol. The van der Waals surface area contributed by atoms with Gasteiger partial charge in [0.25, 0.3) is 15.9 Å². The highest BCUT2D eigenvalue weighted by molar-refractivity contribution is 7.92. The summed E-state index contributed by atoms with van der Waals surface area (Å²) in [7, 11) is -3.76. The summed E-state index contributed by atoms with van der Waals surface area (Å²) in [5, 5.41) is 3.36. The van der Waals surface area contributed by atoms with Crippen molar-refractivity contribution < 1.29 is 17.9 Å². The summed E-state index contributed by atoms with van der Waals surface area (Å²) in [4.78, 5) is 12.6. The van der Waals surface area contributed by atoms with Crippen molar-refractivity contribution in [3.05, 3.63) is 82.9 Å². The van der Waals surface area contributed by atoms with E-state index in [1.54, 1.807) is 42.5 Å². The van der Waals surface area contributed by atoms with Crippen LogP contribution in [0, 0.1) is 6.92 Å². The molecule has 0 aliphatic heterocycles. The SMILES string of the molecule is CCOc1ccc(S(=O)(=O)Nc2ccc(C(=O)Nc3cccc(Cl)c3C)cc2)cc1. The number of anilines is 2. The predicted octanol–water partition coefficient (Wildman–Crippen LogP) is 5.10. The molecule has 3 aromatic rings. The summed E-state index contributed by atoms with van der Waals surface area (Å²) in [5.41, 5.74) is 2.12. The average molecular weight is 445 g/mol. The zero-order chi connectivity index (χ0) is 21.7. The van der Waals surface area contributed by atoms with Gasteiger partial charge in [0.1, 0.15) is 5.75 Å². The second-order valence-corrected chi connectivity index (χ2v) is 8.54. The number of hydrogen-bond donors (Lipinski definition) is 2. The molecule has 30 heavy (non-hydrogen) atoms. The fourth-order valence-corrected chi connectivity index (χ4v) is 3.96. The van der Waals surface area contributed by atoms with Crippen LogP contribution in [0.2, 0.25) is 5.02 Å². The number of halogens is 1. The maximum atomic E-state index is 12.6. The molecule has 0 atom stereocenters. The average Bonchev–Trinajstić information content (AvgIpc) is 2.72. The Labute approximate surface area is 180 Å². The third kappa shape index (κ3) is 5.11. The van der Waals surface area contributed by atoms with Crippen LogP contribution in [-0.2, 0) is 10.0 Å². The highest BCUT2D eigenvalue weighted by Crippen LogP contribution is 2.24. The topological polar surface area (TPSA) is 84.5 Å². The fourth-order valence-electron chi connectivity index (χ4n) is 2.72. The minimum absolute atomic E-state index is 0.115. The van der Waals surface area contributed by atoms with E-state index >= 15 is 0 Å². The van der Waals surface area contributed by atoms with E-state index in [4.69, 9.17) is 16.3 Å². The van der Waals surface area contributed by atoms with Gasteiger partial charge in [0.15, 0.2) is 0 Å². The second-order valence-electron chi connectivity index (χ2n) is 6.45. The summed E-state index contributed by atoms with van der Waals surface area (Å²) in [6.07, 6.45) is 0. The number of ether oxygens (including phenoxy) is 1. The van der Waals surface area contributed by atoms with Crippen molar-refractivity contribution in [3.8, 4) is 5.75 Å². The molecular weight excluding hydrogens is 424 g/mol. The number of amides is 1. The first-order valence-corrected chi connectivity index (χ1v) is 11.1. The molecule has 0 aliphatic rings. The lowest BCUT2D eigenvalue weighted by Gasteiger charge is -2.11. The zero-order valence-electron chi connectivity index (χ0n) is 16.5.